The van der Waals surface area contributed by atoms with Gasteiger partial charge in [-0.3, -0.25) is 4.68 Å². The number of piperazine rings is 1. The lowest BCUT2D eigenvalue weighted by molar-refractivity contribution is 0.313. The average Bonchev–Trinajstić information content (AvgIpc) is 3.34. The van der Waals surface area contributed by atoms with Crippen molar-refractivity contribution in [3.05, 3.63) is 55.0 Å². The summed E-state index contributed by atoms with van der Waals surface area (Å²) in [5.41, 5.74) is 6.70. The molecular weight excluding hydrogens is 348 g/mol. The van der Waals surface area contributed by atoms with Gasteiger partial charge in [0, 0.05) is 74.0 Å². The van der Waals surface area contributed by atoms with Crippen molar-refractivity contribution in [2.75, 3.05) is 38.1 Å². The van der Waals surface area contributed by atoms with Crippen LogP contribution in [0.4, 0.5) is 5.69 Å². The second kappa shape index (κ2) is 6.80. The quantitative estimate of drug-likeness (QED) is 0.599. The Labute approximate surface area is 164 Å². The molecule has 1 N–H and O–H groups in total. The van der Waals surface area contributed by atoms with E-state index in [0.717, 1.165) is 54.0 Å². The Morgan fingerprint density at radius 1 is 0.929 bits per heavy atom. The largest absolute Gasteiger partial charge is 0.369 e. The first-order chi connectivity index (χ1) is 13.7. The third-order valence-corrected chi connectivity index (χ3v) is 5.70. The SMILES string of the molecule is CN1CCN(c2ccc(-c3cnc4[nH]cc(-c5ccnn5C)c4c3)cc2)CC1. The van der Waals surface area contributed by atoms with E-state index in [9.17, 15) is 0 Å². The number of hydrogen-bond donors (Lipinski definition) is 1. The zero-order valence-electron chi connectivity index (χ0n) is 16.3. The highest BCUT2D eigenvalue weighted by atomic mass is 15.3. The van der Waals surface area contributed by atoms with E-state index in [0.29, 0.717) is 0 Å². The van der Waals surface area contributed by atoms with E-state index in [1.165, 1.54) is 11.3 Å². The van der Waals surface area contributed by atoms with Gasteiger partial charge in [-0.25, -0.2) is 4.98 Å². The predicted molar refractivity (Wildman–Crippen MR) is 113 cm³/mol. The fourth-order valence-corrected chi connectivity index (χ4v) is 3.94. The molecule has 28 heavy (non-hydrogen) atoms. The molecule has 0 bridgehead atoms. The van der Waals surface area contributed by atoms with Crippen molar-refractivity contribution >= 4 is 16.7 Å². The van der Waals surface area contributed by atoms with Gasteiger partial charge >= 0.3 is 0 Å². The van der Waals surface area contributed by atoms with Crippen LogP contribution in [0.25, 0.3) is 33.4 Å². The van der Waals surface area contributed by atoms with Gasteiger partial charge in [-0.15, -0.1) is 0 Å². The van der Waals surface area contributed by atoms with Crippen LogP contribution in [0.1, 0.15) is 0 Å². The number of aromatic amines is 1. The van der Waals surface area contributed by atoms with E-state index in [-0.39, 0.29) is 0 Å². The molecule has 1 saturated heterocycles. The molecule has 0 saturated carbocycles. The van der Waals surface area contributed by atoms with Crippen LogP contribution in [0.3, 0.4) is 0 Å². The molecule has 1 aromatic carbocycles. The summed E-state index contributed by atoms with van der Waals surface area (Å²) in [5.74, 6) is 0. The highest BCUT2D eigenvalue weighted by Crippen LogP contribution is 2.31. The maximum absolute atomic E-state index is 4.64. The Hall–Kier alpha value is -3.12. The van der Waals surface area contributed by atoms with Gasteiger partial charge < -0.3 is 14.8 Å². The van der Waals surface area contributed by atoms with Gasteiger partial charge in [0.05, 0.1) is 5.69 Å². The number of nitrogens with zero attached hydrogens (tertiary/aromatic N) is 5. The molecule has 4 aromatic rings. The van der Waals surface area contributed by atoms with Crippen LogP contribution < -0.4 is 4.90 Å². The van der Waals surface area contributed by atoms with Gasteiger partial charge in [0.2, 0.25) is 0 Å². The number of benzene rings is 1. The molecule has 1 aliphatic rings. The van der Waals surface area contributed by atoms with Crippen LogP contribution in [-0.2, 0) is 7.05 Å². The fraction of sp³-hybridized carbons (Fsp3) is 0.273. The number of H-pyrrole nitrogens is 1. The van der Waals surface area contributed by atoms with E-state index in [2.05, 4.69) is 62.2 Å². The summed E-state index contributed by atoms with van der Waals surface area (Å²) in [6.45, 7) is 4.40. The Bertz CT molecular complexity index is 1100. The fourth-order valence-electron chi connectivity index (χ4n) is 3.94. The number of fused-ring (bicyclic) bond motifs is 1. The van der Waals surface area contributed by atoms with Crippen LogP contribution in [-0.4, -0.2) is 57.9 Å². The lowest BCUT2D eigenvalue weighted by Crippen LogP contribution is -2.44. The van der Waals surface area contributed by atoms with Crippen LogP contribution in [0.15, 0.2) is 55.0 Å². The smallest absolute Gasteiger partial charge is 0.137 e. The minimum Gasteiger partial charge on any atom is -0.369 e. The number of aromatic nitrogens is 4. The lowest BCUT2D eigenvalue weighted by Gasteiger charge is -2.34. The summed E-state index contributed by atoms with van der Waals surface area (Å²) < 4.78 is 1.89. The average molecular weight is 372 g/mol. The Morgan fingerprint density at radius 2 is 1.71 bits per heavy atom. The van der Waals surface area contributed by atoms with Crippen molar-refractivity contribution in [2.45, 2.75) is 0 Å². The maximum atomic E-state index is 4.64. The molecule has 142 valence electrons. The molecular formula is C22H24N6. The summed E-state index contributed by atoms with van der Waals surface area (Å²) in [6.07, 6.45) is 5.77. The van der Waals surface area contributed by atoms with Crippen molar-refractivity contribution < 1.29 is 0 Å². The number of nitrogens with one attached hydrogen (secondary N) is 1. The molecule has 0 radical (unpaired) electrons. The molecule has 1 fully saturated rings. The van der Waals surface area contributed by atoms with Gasteiger partial charge in [0.15, 0.2) is 0 Å². The van der Waals surface area contributed by atoms with E-state index < -0.39 is 0 Å². The summed E-state index contributed by atoms with van der Waals surface area (Å²) in [4.78, 5) is 12.7. The molecule has 3 aromatic heterocycles. The molecule has 1 aliphatic heterocycles. The Kier molecular flexibility index (Phi) is 4.13. The number of likely N-dealkylation sites (N-methyl/N-ethyl adjacent to an activating group) is 1. The predicted octanol–water partition coefficient (Wildman–Crippen LogP) is 3.38. The standard InChI is InChI=1S/C22H24N6/c1-26-9-11-28(12-10-26)18-5-3-16(4-6-18)17-13-19-20(15-24-22(19)23-14-17)21-7-8-25-27(21)2/h3-8,13-15H,9-12H2,1-2H3,(H,23,24). The lowest BCUT2D eigenvalue weighted by atomic mass is 10.0. The first-order valence-electron chi connectivity index (χ1n) is 9.68. The molecule has 0 amide bonds. The van der Waals surface area contributed by atoms with Crippen LogP contribution >= 0.6 is 0 Å². The normalized spacial score (nSPS) is 15.4. The highest BCUT2D eigenvalue weighted by Gasteiger charge is 2.15. The van der Waals surface area contributed by atoms with E-state index >= 15 is 0 Å². The monoisotopic (exact) mass is 372 g/mol. The third-order valence-electron chi connectivity index (χ3n) is 5.70. The topological polar surface area (TPSA) is 53.0 Å². The second-order valence-electron chi connectivity index (χ2n) is 7.50. The number of hydrogen-bond acceptors (Lipinski definition) is 4. The summed E-state index contributed by atoms with van der Waals surface area (Å²) in [5, 5.41) is 5.41. The van der Waals surface area contributed by atoms with Gasteiger partial charge in [0.25, 0.3) is 0 Å². The molecule has 6 nitrogen and oxygen atoms in total. The van der Waals surface area contributed by atoms with Crippen molar-refractivity contribution in [1.29, 1.82) is 0 Å². The first-order valence-corrected chi connectivity index (χ1v) is 9.68. The molecule has 4 heterocycles. The number of aryl methyl sites for hydroxylation is 1. The second-order valence-corrected chi connectivity index (χ2v) is 7.50. The highest BCUT2D eigenvalue weighted by molar-refractivity contribution is 5.95. The van der Waals surface area contributed by atoms with Crippen molar-refractivity contribution in [3.63, 3.8) is 0 Å². The molecule has 0 unspecified atom stereocenters. The van der Waals surface area contributed by atoms with E-state index in [4.69, 9.17) is 0 Å². The zero-order chi connectivity index (χ0) is 19.1. The molecule has 0 spiro atoms. The third kappa shape index (κ3) is 2.96. The number of rotatable bonds is 3. The molecule has 5 rings (SSSR count). The minimum atomic E-state index is 0.897. The van der Waals surface area contributed by atoms with E-state index in [1.807, 2.05) is 36.4 Å². The molecule has 0 aliphatic carbocycles. The molecule has 0 atom stereocenters. The first kappa shape index (κ1) is 17.0. The van der Waals surface area contributed by atoms with Crippen LogP contribution in [0, 0.1) is 0 Å². The van der Waals surface area contributed by atoms with Crippen LogP contribution in [0.5, 0.6) is 0 Å². The van der Waals surface area contributed by atoms with Gasteiger partial charge in [-0.2, -0.15) is 5.10 Å². The van der Waals surface area contributed by atoms with Crippen molar-refractivity contribution in [3.8, 4) is 22.4 Å². The van der Waals surface area contributed by atoms with Gasteiger partial charge in [0.1, 0.15) is 5.65 Å². The number of anilines is 1. The summed E-state index contributed by atoms with van der Waals surface area (Å²) in [7, 11) is 4.15. The van der Waals surface area contributed by atoms with Crippen molar-refractivity contribution in [1.82, 2.24) is 24.6 Å². The summed E-state index contributed by atoms with van der Waals surface area (Å²) in [6, 6.07) is 13.1. The minimum absolute atomic E-state index is 0.897. The summed E-state index contributed by atoms with van der Waals surface area (Å²) >= 11 is 0. The van der Waals surface area contributed by atoms with E-state index in [1.54, 1.807) is 0 Å². The number of pyridine rings is 1. The molecule has 6 heteroatoms. The zero-order valence-corrected chi connectivity index (χ0v) is 16.3. The van der Waals surface area contributed by atoms with Gasteiger partial charge in [-0.05, 0) is 36.9 Å². The maximum Gasteiger partial charge on any atom is 0.137 e. The van der Waals surface area contributed by atoms with Gasteiger partial charge in [-0.1, -0.05) is 12.1 Å². The Morgan fingerprint density at radius 3 is 2.43 bits per heavy atom. The van der Waals surface area contributed by atoms with Crippen molar-refractivity contribution in [2.24, 2.45) is 7.05 Å². The van der Waals surface area contributed by atoms with Crippen LogP contribution in [0.2, 0.25) is 0 Å². The Balaban J connectivity index is 1.47.